The Balaban J connectivity index is 1.46. The van der Waals surface area contributed by atoms with Gasteiger partial charge >= 0.3 is 5.97 Å². The van der Waals surface area contributed by atoms with Gasteiger partial charge in [-0.05, 0) is 60.3 Å². The summed E-state index contributed by atoms with van der Waals surface area (Å²) < 4.78 is 44.1. The number of ether oxygens (including phenoxy) is 4. The van der Waals surface area contributed by atoms with Crippen LogP contribution in [0.4, 0.5) is 0 Å². The Morgan fingerprint density at radius 2 is 1.84 bits per heavy atom. The van der Waals surface area contributed by atoms with E-state index in [-0.39, 0.29) is 16.3 Å². The molecule has 1 atom stereocenters. The normalized spacial score (nSPS) is 15.6. The van der Waals surface area contributed by atoms with E-state index >= 15 is 0 Å². The van der Waals surface area contributed by atoms with Gasteiger partial charge in [0.1, 0.15) is 11.5 Å². The lowest BCUT2D eigenvalue weighted by Gasteiger charge is -2.41. The van der Waals surface area contributed by atoms with Crippen LogP contribution in [0.15, 0.2) is 47.4 Å². The van der Waals surface area contributed by atoms with Gasteiger partial charge in [0.25, 0.3) is 0 Å². The molecule has 0 bridgehead atoms. The molecule has 1 saturated heterocycles. The average Bonchev–Trinajstić information content (AvgIpc) is 2.72. The molecule has 0 aliphatic carbocycles. The van der Waals surface area contributed by atoms with E-state index in [4.69, 9.17) is 18.9 Å². The van der Waals surface area contributed by atoms with E-state index in [1.54, 1.807) is 19.1 Å². The van der Waals surface area contributed by atoms with E-state index in [1.165, 1.54) is 6.07 Å². The fourth-order valence-electron chi connectivity index (χ4n) is 3.38. The van der Waals surface area contributed by atoms with Crippen LogP contribution in [-0.4, -0.2) is 47.8 Å². The van der Waals surface area contributed by atoms with Crippen molar-refractivity contribution >= 4 is 17.0 Å². The van der Waals surface area contributed by atoms with E-state index in [1.807, 2.05) is 31.2 Å². The lowest BCUT2D eigenvalue weighted by atomic mass is 9.76. The number of benzene rings is 2. The largest absolute Gasteiger partial charge is 0.768 e. The minimum absolute atomic E-state index is 0.203. The van der Waals surface area contributed by atoms with Gasteiger partial charge in [0.2, 0.25) is 0 Å². The molecule has 1 unspecified atom stereocenters. The molecular formula is C23H27O7S-. The molecule has 0 amide bonds. The Hall–Kier alpha value is -2.42. The highest BCUT2D eigenvalue weighted by molar-refractivity contribution is 7.79. The number of esters is 1. The quantitative estimate of drug-likeness (QED) is 0.296. The predicted octanol–water partition coefficient (Wildman–Crippen LogP) is 3.30. The number of rotatable bonds is 11. The fourth-order valence-corrected chi connectivity index (χ4v) is 3.77. The first kappa shape index (κ1) is 23.2. The lowest BCUT2D eigenvalue weighted by Crippen LogP contribution is -2.48. The van der Waals surface area contributed by atoms with Gasteiger partial charge in [-0.25, -0.2) is 0 Å². The molecule has 0 saturated carbocycles. The lowest BCUT2D eigenvalue weighted by molar-refractivity contribution is -0.151. The van der Waals surface area contributed by atoms with Crippen molar-refractivity contribution in [3.05, 3.63) is 53.6 Å². The van der Waals surface area contributed by atoms with Gasteiger partial charge < -0.3 is 23.5 Å². The van der Waals surface area contributed by atoms with Crippen molar-refractivity contribution in [1.82, 2.24) is 0 Å². The van der Waals surface area contributed by atoms with Crippen LogP contribution in [0.3, 0.4) is 0 Å². The van der Waals surface area contributed by atoms with Crippen molar-refractivity contribution in [2.24, 2.45) is 0 Å². The van der Waals surface area contributed by atoms with Gasteiger partial charge in [-0.15, -0.1) is 0 Å². The number of carbonyl (C=O) groups is 1. The number of hydrogen-bond acceptors (Lipinski definition) is 7. The molecule has 1 aliphatic heterocycles. The van der Waals surface area contributed by atoms with E-state index in [0.717, 1.165) is 16.9 Å². The molecule has 0 N–H and O–H groups in total. The molecule has 3 rings (SSSR count). The van der Waals surface area contributed by atoms with Crippen LogP contribution < -0.4 is 9.47 Å². The maximum absolute atomic E-state index is 11.9. The monoisotopic (exact) mass is 447 g/mol. The molecule has 8 heteroatoms. The summed E-state index contributed by atoms with van der Waals surface area (Å²) in [5.41, 5.74) is 1.59. The Labute approximate surface area is 184 Å². The topological polar surface area (TPSA) is 94.1 Å². The number of hydrogen-bond donors (Lipinski definition) is 0. The third kappa shape index (κ3) is 6.06. The van der Waals surface area contributed by atoms with Crippen molar-refractivity contribution < 1.29 is 32.5 Å². The minimum Gasteiger partial charge on any atom is -0.768 e. The zero-order valence-electron chi connectivity index (χ0n) is 17.8. The van der Waals surface area contributed by atoms with Crippen molar-refractivity contribution in [3.8, 4) is 11.5 Å². The Kier molecular flexibility index (Phi) is 8.06. The molecule has 0 aromatic heterocycles. The van der Waals surface area contributed by atoms with Crippen molar-refractivity contribution in [2.45, 2.75) is 37.0 Å². The fraction of sp³-hybridized carbons (Fsp3) is 0.435. The van der Waals surface area contributed by atoms with Gasteiger partial charge in [0.15, 0.2) is 0 Å². The molecule has 31 heavy (non-hydrogen) atoms. The van der Waals surface area contributed by atoms with E-state index in [0.29, 0.717) is 51.6 Å². The van der Waals surface area contributed by atoms with Crippen molar-refractivity contribution in [3.63, 3.8) is 0 Å². The van der Waals surface area contributed by atoms with Crippen LogP contribution in [0.25, 0.3) is 0 Å². The second-order valence-electron chi connectivity index (χ2n) is 7.49. The van der Waals surface area contributed by atoms with Gasteiger partial charge in [-0.1, -0.05) is 18.2 Å². The Bertz CT molecular complexity index is 907. The zero-order chi connectivity index (χ0) is 22.3. The van der Waals surface area contributed by atoms with E-state index in [2.05, 4.69) is 0 Å². The number of aryl methyl sites for hydroxylation is 1. The van der Waals surface area contributed by atoms with Crippen LogP contribution in [0.5, 0.6) is 11.5 Å². The summed E-state index contributed by atoms with van der Waals surface area (Å²) in [4.78, 5) is 12.1. The van der Waals surface area contributed by atoms with Crippen LogP contribution in [0, 0.1) is 6.92 Å². The summed E-state index contributed by atoms with van der Waals surface area (Å²) in [6, 6.07) is 12.5. The number of carbonyl (C=O) groups excluding carboxylic acids is 1. The molecule has 168 valence electrons. The second-order valence-corrected chi connectivity index (χ2v) is 8.43. The average molecular weight is 448 g/mol. The van der Waals surface area contributed by atoms with E-state index in [9.17, 15) is 13.6 Å². The highest BCUT2D eigenvalue weighted by Crippen LogP contribution is 2.37. The first-order chi connectivity index (χ1) is 14.9. The Morgan fingerprint density at radius 3 is 2.45 bits per heavy atom. The van der Waals surface area contributed by atoms with Gasteiger partial charge in [0, 0.05) is 11.3 Å². The minimum atomic E-state index is -2.28. The van der Waals surface area contributed by atoms with Gasteiger partial charge in [0.05, 0.1) is 44.9 Å². The Morgan fingerprint density at radius 1 is 1.13 bits per heavy atom. The van der Waals surface area contributed by atoms with Crippen LogP contribution in [-0.2, 0) is 30.8 Å². The molecule has 0 radical (unpaired) electrons. The molecule has 1 aliphatic rings. The summed E-state index contributed by atoms with van der Waals surface area (Å²) in [6.45, 7) is 5.92. The predicted molar refractivity (Wildman–Crippen MR) is 114 cm³/mol. The zero-order valence-corrected chi connectivity index (χ0v) is 18.6. The maximum atomic E-state index is 11.9. The van der Waals surface area contributed by atoms with Gasteiger partial charge in [-0.2, -0.15) is 0 Å². The summed E-state index contributed by atoms with van der Waals surface area (Å²) in [7, 11) is 0. The third-order valence-electron chi connectivity index (χ3n) is 5.18. The van der Waals surface area contributed by atoms with Gasteiger partial charge in [-0.3, -0.25) is 9.00 Å². The standard InChI is InChI=1S/C23H28O7S/c1-3-28-22(24)14-23(15-27-16-23)18-6-8-19(9-7-18)29-11-4-12-30-21-13-20(31(25)26)10-5-17(21)2/h5-10,13H,3-4,11-12,14-16H2,1-2H3,(H,25,26)/p-1. The molecule has 2 aromatic carbocycles. The molecule has 2 aromatic rings. The highest BCUT2D eigenvalue weighted by Gasteiger charge is 2.42. The summed E-state index contributed by atoms with van der Waals surface area (Å²) in [5, 5.41) is 0. The molecule has 1 fully saturated rings. The van der Waals surface area contributed by atoms with Crippen molar-refractivity contribution in [2.75, 3.05) is 33.0 Å². The van der Waals surface area contributed by atoms with E-state index < -0.39 is 11.1 Å². The van der Waals surface area contributed by atoms with Crippen molar-refractivity contribution in [1.29, 1.82) is 0 Å². The molecule has 7 nitrogen and oxygen atoms in total. The van der Waals surface area contributed by atoms with Crippen LogP contribution in [0.1, 0.15) is 30.9 Å². The molecule has 0 spiro atoms. The van der Waals surface area contributed by atoms with Crippen LogP contribution in [0.2, 0.25) is 0 Å². The smallest absolute Gasteiger partial charge is 0.306 e. The second kappa shape index (κ2) is 10.7. The SMILES string of the molecule is CCOC(=O)CC1(c2ccc(OCCCOc3cc(S(=O)[O-])ccc3C)cc2)COC1. The molecule has 1 heterocycles. The third-order valence-corrected chi connectivity index (χ3v) is 5.82. The highest BCUT2D eigenvalue weighted by atomic mass is 32.2. The summed E-state index contributed by atoms with van der Waals surface area (Å²) in [5.74, 6) is 1.07. The maximum Gasteiger partial charge on any atom is 0.306 e. The first-order valence-corrected chi connectivity index (χ1v) is 11.3. The summed E-state index contributed by atoms with van der Waals surface area (Å²) >= 11 is -2.28. The molecular weight excluding hydrogens is 420 g/mol. The van der Waals surface area contributed by atoms with Crippen LogP contribution >= 0.6 is 0 Å². The first-order valence-electron chi connectivity index (χ1n) is 10.2. The summed E-state index contributed by atoms with van der Waals surface area (Å²) in [6.07, 6.45) is 0.950.